The van der Waals surface area contributed by atoms with Gasteiger partial charge in [0.15, 0.2) is 0 Å². The molecule has 4 heteroatoms. The average Bonchev–Trinajstić information content (AvgIpc) is 3.01. The maximum absolute atomic E-state index is 12.0. The van der Waals surface area contributed by atoms with E-state index in [1.807, 2.05) is 18.2 Å². The van der Waals surface area contributed by atoms with Crippen LogP contribution in [0.3, 0.4) is 0 Å². The standard InChI is InChI=1S/C17H26N2O2/c1-4-15(16-9-6-10-21-16)18-12-13-7-5-8-14(11-13)17(20)19(2)3/h5,7-8,11,15-16,18H,4,6,9-10,12H2,1-3H3. The quantitative estimate of drug-likeness (QED) is 0.875. The molecular weight excluding hydrogens is 264 g/mol. The Morgan fingerprint density at radius 2 is 2.29 bits per heavy atom. The van der Waals surface area contributed by atoms with Gasteiger partial charge in [-0.05, 0) is 37.0 Å². The molecule has 1 aromatic rings. The van der Waals surface area contributed by atoms with E-state index in [4.69, 9.17) is 4.74 Å². The summed E-state index contributed by atoms with van der Waals surface area (Å²) >= 11 is 0. The monoisotopic (exact) mass is 290 g/mol. The first kappa shape index (κ1) is 16.0. The third-order valence-electron chi connectivity index (χ3n) is 4.00. The lowest BCUT2D eigenvalue weighted by molar-refractivity contribution is 0.0764. The van der Waals surface area contributed by atoms with Crippen LogP contribution in [-0.4, -0.2) is 43.7 Å². The summed E-state index contributed by atoms with van der Waals surface area (Å²) in [5.41, 5.74) is 1.88. The minimum atomic E-state index is 0.0445. The number of nitrogens with one attached hydrogen (secondary N) is 1. The summed E-state index contributed by atoms with van der Waals surface area (Å²) in [7, 11) is 3.55. The molecule has 1 aliphatic heterocycles. The van der Waals surface area contributed by atoms with Crippen molar-refractivity contribution in [1.29, 1.82) is 0 Å². The molecule has 2 unspecified atom stereocenters. The largest absolute Gasteiger partial charge is 0.377 e. The summed E-state index contributed by atoms with van der Waals surface area (Å²) < 4.78 is 5.76. The van der Waals surface area contributed by atoms with Gasteiger partial charge in [-0.25, -0.2) is 0 Å². The van der Waals surface area contributed by atoms with Crippen molar-refractivity contribution in [3.8, 4) is 0 Å². The van der Waals surface area contributed by atoms with Gasteiger partial charge >= 0.3 is 0 Å². The fraction of sp³-hybridized carbons (Fsp3) is 0.588. The molecule has 1 N–H and O–H groups in total. The highest BCUT2D eigenvalue weighted by atomic mass is 16.5. The molecule has 1 aliphatic rings. The van der Waals surface area contributed by atoms with E-state index in [0.29, 0.717) is 12.1 Å². The zero-order valence-corrected chi connectivity index (χ0v) is 13.3. The number of rotatable bonds is 6. The van der Waals surface area contributed by atoms with Gasteiger partial charge in [0.05, 0.1) is 6.10 Å². The van der Waals surface area contributed by atoms with Gasteiger partial charge in [-0.1, -0.05) is 19.1 Å². The van der Waals surface area contributed by atoms with E-state index in [0.717, 1.165) is 43.5 Å². The molecule has 1 amide bonds. The van der Waals surface area contributed by atoms with Crippen molar-refractivity contribution in [3.05, 3.63) is 35.4 Å². The number of benzene rings is 1. The highest BCUT2D eigenvalue weighted by Gasteiger charge is 2.24. The number of ether oxygens (including phenoxy) is 1. The molecule has 0 saturated carbocycles. The SMILES string of the molecule is CCC(NCc1cccc(C(=O)N(C)C)c1)C1CCCO1. The minimum Gasteiger partial charge on any atom is -0.377 e. The summed E-state index contributed by atoms with van der Waals surface area (Å²) in [5, 5.41) is 3.57. The van der Waals surface area contributed by atoms with Crippen LogP contribution in [0.4, 0.5) is 0 Å². The van der Waals surface area contributed by atoms with E-state index in [1.54, 1.807) is 19.0 Å². The Hall–Kier alpha value is -1.39. The topological polar surface area (TPSA) is 41.6 Å². The number of carbonyl (C=O) groups excluding carboxylic acids is 1. The fourth-order valence-electron chi connectivity index (χ4n) is 2.78. The maximum Gasteiger partial charge on any atom is 0.253 e. The Bertz CT molecular complexity index is 468. The first-order valence-corrected chi connectivity index (χ1v) is 7.77. The summed E-state index contributed by atoms with van der Waals surface area (Å²) in [4.78, 5) is 13.6. The Labute approximate surface area is 127 Å². The van der Waals surface area contributed by atoms with Gasteiger partial charge in [-0.15, -0.1) is 0 Å². The smallest absolute Gasteiger partial charge is 0.253 e. The second-order valence-electron chi connectivity index (χ2n) is 5.85. The zero-order valence-electron chi connectivity index (χ0n) is 13.3. The van der Waals surface area contributed by atoms with Crippen LogP contribution in [0, 0.1) is 0 Å². The van der Waals surface area contributed by atoms with E-state index in [2.05, 4.69) is 18.3 Å². The third kappa shape index (κ3) is 4.29. The zero-order chi connectivity index (χ0) is 15.2. The lowest BCUT2D eigenvalue weighted by atomic mass is 10.0. The van der Waals surface area contributed by atoms with Crippen LogP contribution in [0.15, 0.2) is 24.3 Å². The van der Waals surface area contributed by atoms with Crippen molar-refractivity contribution in [3.63, 3.8) is 0 Å². The Morgan fingerprint density at radius 3 is 2.90 bits per heavy atom. The molecule has 1 aromatic carbocycles. The number of amides is 1. The molecule has 0 aromatic heterocycles. The van der Waals surface area contributed by atoms with Crippen LogP contribution >= 0.6 is 0 Å². The second kappa shape index (κ2) is 7.57. The van der Waals surface area contributed by atoms with Crippen molar-refractivity contribution in [2.45, 2.75) is 44.9 Å². The van der Waals surface area contributed by atoms with E-state index in [9.17, 15) is 4.79 Å². The summed E-state index contributed by atoms with van der Waals surface area (Å²) in [6.07, 6.45) is 3.70. The van der Waals surface area contributed by atoms with Crippen LogP contribution in [0.2, 0.25) is 0 Å². The van der Waals surface area contributed by atoms with Gasteiger partial charge < -0.3 is 15.0 Å². The maximum atomic E-state index is 12.0. The van der Waals surface area contributed by atoms with Gasteiger partial charge in [0.25, 0.3) is 5.91 Å². The van der Waals surface area contributed by atoms with Gasteiger partial charge in [0.1, 0.15) is 0 Å². The van der Waals surface area contributed by atoms with Crippen molar-refractivity contribution < 1.29 is 9.53 Å². The molecular formula is C17H26N2O2. The van der Waals surface area contributed by atoms with Crippen molar-refractivity contribution in [2.75, 3.05) is 20.7 Å². The molecule has 0 aliphatic carbocycles. The molecule has 0 bridgehead atoms. The molecule has 0 spiro atoms. The van der Waals surface area contributed by atoms with Crippen molar-refractivity contribution in [2.24, 2.45) is 0 Å². The van der Waals surface area contributed by atoms with Gasteiger partial charge in [-0.3, -0.25) is 4.79 Å². The van der Waals surface area contributed by atoms with Gasteiger partial charge in [0, 0.05) is 38.9 Å². The van der Waals surface area contributed by atoms with Gasteiger partial charge in [-0.2, -0.15) is 0 Å². The molecule has 1 saturated heterocycles. The lowest BCUT2D eigenvalue weighted by Gasteiger charge is -2.23. The number of carbonyl (C=O) groups is 1. The molecule has 116 valence electrons. The van der Waals surface area contributed by atoms with Crippen LogP contribution in [0.1, 0.15) is 42.1 Å². The molecule has 2 rings (SSSR count). The Morgan fingerprint density at radius 1 is 1.48 bits per heavy atom. The fourth-order valence-corrected chi connectivity index (χ4v) is 2.78. The van der Waals surface area contributed by atoms with Crippen LogP contribution in [0.25, 0.3) is 0 Å². The predicted molar refractivity (Wildman–Crippen MR) is 84.4 cm³/mol. The highest BCUT2D eigenvalue weighted by molar-refractivity contribution is 5.94. The summed E-state index contributed by atoms with van der Waals surface area (Å²) in [6, 6.07) is 8.23. The van der Waals surface area contributed by atoms with E-state index in [1.165, 1.54) is 0 Å². The number of hydrogen-bond donors (Lipinski definition) is 1. The van der Waals surface area contributed by atoms with E-state index in [-0.39, 0.29) is 5.91 Å². The molecule has 1 fully saturated rings. The summed E-state index contributed by atoms with van der Waals surface area (Å²) in [5.74, 6) is 0.0445. The first-order valence-electron chi connectivity index (χ1n) is 7.77. The summed E-state index contributed by atoms with van der Waals surface area (Å²) in [6.45, 7) is 3.84. The van der Waals surface area contributed by atoms with Gasteiger partial charge in [0.2, 0.25) is 0 Å². The van der Waals surface area contributed by atoms with Crippen LogP contribution in [0.5, 0.6) is 0 Å². The van der Waals surface area contributed by atoms with Crippen molar-refractivity contribution >= 4 is 5.91 Å². The molecule has 2 atom stereocenters. The van der Waals surface area contributed by atoms with Crippen molar-refractivity contribution in [1.82, 2.24) is 10.2 Å². The predicted octanol–water partition coefficient (Wildman–Crippen LogP) is 2.44. The number of nitrogens with zero attached hydrogens (tertiary/aromatic N) is 1. The van der Waals surface area contributed by atoms with E-state index >= 15 is 0 Å². The average molecular weight is 290 g/mol. The van der Waals surface area contributed by atoms with Crippen LogP contribution in [-0.2, 0) is 11.3 Å². The molecule has 4 nitrogen and oxygen atoms in total. The third-order valence-corrected chi connectivity index (χ3v) is 4.00. The molecule has 1 heterocycles. The Balaban J connectivity index is 1.96. The highest BCUT2D eigenvalue weighted by Crippen LogP contribution is 2.18. The normalized spacial score (nSPS) is 19.5. The minimum absolute atomic E-state index is 0.0445. The molecule has 0 radical (unpaired) electrons. The number of hydrogen-bond acceptors (Lipinski definition) is 3. The van der Waals surface area contributed by atoms with Crippen LogP contribution < -0.4 is 5.32 Å². The lowest BCUT2D eigenvalue weighted by Crippen LogP contribution is -2.38. The van der Waals surface area contributed by atoms with E-state index < -0.39 is 0 Å². The Kier molecular flexibility index (Phi) is 5.76. The first-order chi connectivity index (χ1) is 10.1. The molecule has 21 heavy (non-hydrogen) atoms. The second-order valence-corrected chi connectivity index (χ2v) is 5.85.